The first-order valence-corrected chi connectivity index (χ1v) is 9.64. The Balaban J connectivity index is 1.63. The Kier molecular flexibility index (Phi) is 5.14. The molecule has 0 fully saturated rings. The first-order valence-electron chi connectivity index (χ1n) is 9.64. The summed E-state index contributed by atoms with van der Waals surface area (Å²) in [6.07, 6.45) is 4.84. The van der Waals surface area contributed by atoms with Gasteiger partial charge in [-0.2, -0.15) is 4.98 Å². The minimum absolute atomic E-state index is 0.149. The zero-order chi connectivity index (χ0) is 21.3. The summed E-state index contributed by atoms with van der Waals surface area (Å²) in [5.41, 5.74) is 3.76. The zero-order valence-electron chi connectivity index (χ0n) is 17.2. The second kappa shape index (κ2) is 7.90. The maximum absolute atomic E-state index is 12.7. The van der Waals surface area contributed by atoms with Crippen LogP contribution in [0.5, 0.6) is 0 Å². The molecule has 1 amide bonds. The largest absolute Gasteiger partial charge is 0.334 e. The van der Waals surface area contributed by atoms with Crippen LogP contribution in [0.25, 0.3) is 17.3 Å². The third-order valence-corrected chi connectivity index (χ3v) is 4.68. The number of pyridine rings is 1. The van der Waals surface area contributed by atoms with Crippen LogP contribution in [0.4, 0.5) is 5.69 Å². The minimum Gasteiger partial charge on any atom is -0.334 e. The average Bonchev–Trinajstić information content (AvgIpc) is 3.41. The number of anilines is 1. The fourth-order valence-corrected chi connectivity index (χ4v) is 2.96. The first-order chi connectivity index (χ1) is 14.4. The van der Waals surface area contributed by atoms with Gasteiger partial charge in [-0.1, -0.05) is 31.1 Å². The molecule has 3 aromatic heterocycles. The number of hydrogen-bond acceptors (Lipinski definition) is 6. The lowest BCUT2D eigenvalue weighted by Crippen LogP contribution is -2.13. The van der Waals surface area contributed by atoms with Crippen LogP contribution in [0.15, 0.2) is 53.6 Å². The molecule has 30 heavy (non-hydrogen) atoms. The molecule has 1 aromatic carbocycles. The van der Waals surface area contributed by atoms with Gasteiger partial charge in [-0.15, -0.1) is 0 Å². The van der Waals surface area contributed by atoms with Crippen LogP contribution in [0, 0.1) is 13.8 Å². The van der Waals surface area contributed by atoms with Gasteiger partial charge in [0.05, 0.1) is 5.56 Å². The van der Waals surface area contributed by atoms with Crippen molar-refractivity contribution in [1.29, 1.82) is 0 Å². The Labute approximate surface area is 174 Å². The first kappa shape index (κ1) is 19.5. The van der Waals surface area contributed by atoms with Gasteiger partial charge in [-0.05, 0) is 43.2 Å². The number of carbonyl (C=O) groups excluding carboxylic acids is 1. The van der Waals surface area contributed by atoms with Gasteiger partial charge in [0.25, 0.3) is 11.8 Å². The molecule has 0 saturated heterocycles. The number of benzene rings is 1. The van der Waals surface area contributed by atoms with Crippen molar-refractivity contribution in [2.45, 2.75) is 33.6 Å². The Morgan fingerprint density at radius 3 is 2.77 bits per heavy atom. The molecular formula is C22H22N6O2. The van der Waals surface area contributed by atoms with Crippen molar-refractivity contribution in [3.8, 4) is 17.3 Å². The summed E-state index contributed by atoms with van der Waals surface area (Å²) in [5.74, 6) is 1.40. The highest BCUT2D eigenvalue weighted by Gasteiger charge is 2.18. The third kappa shape index (κ3) is 3.84. The fraction of sp³-hybridized carbons (Fsp3) is 0.227. The van der Waals surface area contributed by atoms with E-state index in [4.69, 9.17) is 4.52 Å². The third-order valence-electron chi connectivity index (χ3n) is 4.68. The number of rotatable bonds is 5. The molecule has 8 heteroatoms. The number of imidazole rings is 1. The molecule has 152 valence electrons. The number of aryl methyl sites for hydroxylation is 2. The second-order valence-corrected chi connectivity index (χ2v) is 7.43. The van der Waals surface area contributed by atoms with Crippen molar-refractivity contribution in [2.24, 2.45) is 0 Å². The van der Waals surface area contributed by atoms with Gasteiger partial charge in [0.1, 0.15) is 12.0 Å². The maximum Gasteiger partial charge on any atom is 0.275 e. The molecule has 0 atom stereocenters. The van der Waals surface area contributed by atoms with E-state index in [9.17, 15) is 4.79 Å². The molecule has 3 heterocycles. The number of aromatic nitrogens is 5. The summed E-state index contributed by atoms with van der Waals surface area (Å²) in [5, 5.41) is 6.94. The van der Waals surface area contributed by atoms with Crippen LogP contribution in [-0.2, 0) is 0 Å². The minimum atomic E-state index is -0.292. The van der Waals surface area contributed by atoms with Crippen molar-refractivity contribution in [1.82, 2.24) is 24.7 Å². The van der Waals surface area contributed by atoms with Crippen molar-refractivity contribution in [2.75, 3.05) is 5.32 Å². The number of nitrogens with zero attached hydrogens (tertiary/aromatic N) is 5. The van der Waals surface area contributed by atoms with Gasteiger partial charge in [0.2, 0.25) is 0 Å². The average molecular weight is 402 g/mol. The van der Waals surface area contributed by atoms with E-state index in [2.05, 4.69) is 25.4 Å². The molecule has 0 saturated carbocycles. The highest BCUT2D eigenvalue weighted by atomic mass is 16.5. The van der Waals surface area contributed by atoms with Crippen LogP contribution in [-0.4, -0.2) is 30.6 Å². The predicted octanol–water partition coefficient (Wildman–Crippen LogP) is 4.31. The van der Waals surface area contributed by atoms with Gasteiger partial charge in [0, 0.05) is 24.0 Å². The van der Waals surface area contributed by atoms with E-state index < -0.39 is 0 Å². The lowest BCUT2D eigenvalue weighted by atomic mass is 10.1. The summed E-state index contributed by atoms with van der Waals surface area (Å²) in [6.45, 7) is 7.92. The quantitative estimate of drug-likeness (QED) is 0.534. The van der Waals surface area contributed by atoms with Crippen molar-refractivity contribution in [3.05, 3.63) is 71.7 Å². The molecule has 4 aromatic rings. The summed E-state index contributed by atoms with van der Waals surface area (Å²) < 4.78 is 7.09. The summed E-state index contributed by atoms with van der Waals surface area (Å²) in [4.78, 5) is 25.8. The van der Waals surface area contributed by atoms with E-state index in [1.165, 1.54) is 0 Å². The number of nitrogens with one attached hydrogen (secondary N) is 1. The van der Waals surface area contributed by atoms with E-state index in [0.29, 0.717) is 23.1 Å². The molecule has 8 nitrogen and oxygen atoms in total. The van der Waals surface area contributed by atoms with E-state index in [1.54, 1.807) is 29.4 Å². The van der Waals surface area contributed by atoms with Crippen LogP contribution >= 0.6 is 0 Å². The highest BCUT2D eigenvalue weighted by molar-refractivity contribution is 6.03. The molecule has 1 N–H and O–H groups in total. The zero-order valence-corrected chi connectivity index (χ0v) is 17.2. The Hall–Kier alpha value is -3.81. The van der Waals surface area contributed by atoms with E-state index in [1.807, 2.05) is 52.0 Å². The highest BCUT2D eigenvalue weighted by Crippen LogP contribution is 2.25. The SMILES string of the molecule is Cc1ccc(C)c(NC(=O)c2cn(-c3ncccc3-c3nc(C(C)C)no3)cn2)c1. The molecule has 0 aliphatic heterocycles. The second-order valence-electron chi connectivity index (χ2n) is 7.43. The Morgan fingerprint density at radius 2 is 2.00 bits per heavy atom. The molecule has 0 aliphatic carbocycles. The van der Waals surface area contributed by atoms with Crippen LogP contribution in [0.3, 0.4) is 0 Å². The lowest BCUT2D eigenvalue weighted by Gasteiger charge is -2.08. The molecule has 0 spiro atoms. The van der Waals surface area contributed by atoms with E-state index >= 15 is 0 Å². The lowest BCUT2D eigenvalue weighted by molar-refractivity contribution is 0.102. The van der Waals surface area contributed by atoms with Crippen LogP contribution in [0.1, 0.15) is 47.2 Å². The van der Waals surface area contributed by atoms with Crippen molar-refractivity contribution in [3.63, 3.8) is 0 Å². The fourth-order valence-electron chi connectivity index (χ4n) is 2.96. The molecule has 0 bridgehead atoms. The van der Waals surface area contributed by atoms with Crippen LogP contribution in [0.2, 0.25) is 0 Å². The molecule has 0 aliphatic rings. The maximum atomic E-state index is 12.7. The van der Waals surface area contributed by atoms with Crippen molar-refractivity contribution >= 4 is 11.6 Å². The predicted molar refractivity (Wildman–Crippen MR) is 113 cm³/mol. The standard InChI is InChI=1S/C22H22N6O2/c1-13(2)19-26-22(30-27-19)16-6-5-9-23-20(16)28-11-18(24-12-28)21(29)25-17-10-14(3)7-8-15(17)4/h5-13H,1-4H3,(H,25,29). The van der Waals surface area contributed by atoms with Crippen molar-refractivity contribution < 1.29 is 9.32 Å². The molecule has 0 radical (unpaired) electrons. The number of carbonyl (C=O) groups is 1. The van der Waals surface area contributed by atoms with Gasteiger partial charge < -0.3 is 9.84 Å². The van der Waals surface area contributed by atoms with Crippen LogP contribution < -0.4 is 5.32 Å². The molecule has 0 unspecified atom stereocenters. The number of hydrogen-bond donors (Lipinski definition) is 1. The van der Waals surface area contributed by atoms with Gasteiger partial charge in [-0.25, -0.2) is 9.97 Å². The summed E-state index contributed by atoms with van der Waals surface area (Å²) >= 11 is 0. The topological polar surface area (TPSA) is 98.7 Å². The summed E-state index contributed by atoms with van der Waals surface area (Å²) in [7, 11) is 0. The van der Waals surface area contributed by atoms with Gasteiger partial charge in [-0.3, -0.25) is 9.36 Å². The molecular weight excluding hydrogens is 380 g/mol. The molecule has 4 rings (SSSR count). The summed E-state index contributed by atoms with van der Waals surface area (Å²) in [6, 6.07) is 9.55. The number of amides is 1. The smallest absolute Gasteiger partial charge is 0.275 e. The Bertz CT molecular complexity index is 1210. The monoisotopic (exact) mass is 402 g/mol. The van der Waals surface area contributed by atoms with E-state index in [-0.39, 0.29) is 17.5 Å². The Morgan fingerprint density at radius 1 is 1.17 bits per heavy atom. The normalized spacial score (nSPS) is 11.1. The van der Waals surface area contributed by atoms with Gasteiger partial charge >= 0.3 is 0 Å². The van der Waals surface area contributed by atoms with E-state index in [0.717, 1.165) is 16.8 Å². The van der Waals surface area contributed by atoms with Gasteiger partial charge in [0.15, 0.2) is 11.6 Å².